The van der Waals surface area contributed by atoms with Gasteiger partial charge in [0.2, 0.25) is 0 Å². The SMILES string of the molecule is C=C(CC)C(=O)Oc1nn(Cc2ccccc2)c(=O)c(Cl)c1N. The minimum absolute atomic E-state index is 0.168. The summed E-state index contributed by atoms with van der Waals surface area (Å²) in [6.07, 6.45) is 0.427. The summed E-state index contributed by atoms with van der Waals surface area (Å²) in [5.41, 5.74) is 6.11. The number of rotatable bonds is 5. The lowest BCUT2D eigenvalue weighted by Gasteiger charge is -2.11. The molecule has 0 unspecified atom stereocenters. The molecule has 0 fully saturated rings. The Morgan fingerprint density at radius 1 is 1.39 bits per heavy atom. The number of carbonyl (C=O) groups is 1. The van der Waals surface area contributed by atoms with Crippen LogP contribution in [-0.4, -0.2) is 15.7 Å². The van der Waals surface area contributed by atoms with Crippen molar-refractivity contribution in [3.05, 3.63) is 63.4 Å². The normalized spacial score (nSPS) is 10.3. The molecule has 0 aliphatic rings. The van der Waals surface area contributed by atoms with Crippen molar-refractivity contribution in [1.29, 1.82) is 0 Å². The molecule has 2 rings (SSSR count). The van der Waals surface area contributed by atoms with Crippen LogP contribution in [0.15, 0.2) is 47.3 Å². The Morgan fingerprint density at radius 2 is 2.04 bits per heavy atom. The Morgan fingerprint density at radius 3 is 2.65 bits per heavy atom. The van der Waals surface area contributed by atoms with Gasteiger partial charge in [0.05, 0.1) is 6.54 Å². The molecule has 2 aromatic rings. The van der Waals surface area contributed by atoms with Gasteiger partial charge in [-0.2, -0.15) is 0 Å². The summed E-state index contributed by atoms with van der Waals surface area (Å²) < 4.78 is 6.20. The minimum atomic E-state index is -0.660. The smallest absolute Gasteiger partial charge is 0.340 e. The van der Waals surface area contributed by atoms with Crippen LogP contribution in [0.25, 0.3) is 0 Å². The highest BCUT2D eigenvalue weighted by Gasteiger charge is 2.18. The third-order valence-corrected chi connectivity index (χ3v) is 3.55. The monoisotopic (exact) mass is 333 g/mol. The molecule has 0 atom stereocenters. The number of nitrogen functional groups attached to an aromatic ring is 1. The lowest BCUT2D eigenvalue weighted by molar-refractivity contribution is -0.130. The van der Waals surface area contributed by atoms with E-state index in [-0.39, 0.29) is 28.7 Å². The van der Waals surface area contributed by atoms with Crippen LogP contribution in [0.1, 0.15) is 18.9 Å². The van der Waals surface area contributed by atoms with Crippen molar-refractivity contribution in [2.75, 3.05) is 5.73 Å². The Kier molecular flexibility index (Phi) is 5.18. The molecule has 0 radical (unpaired) electrons. The van der Waals surface area contributed by atoms with E-state index < -0.39 is 11.5 Å². The molecule has 7 heteroatoms. The van der Waals surface area contributed by atoms with Gasteiger partial charge in [0.15, 0.2) is 0 Å². The molecule has 1 aromatic carbocycles. The van der Waals surface area contributed by atoms with Crippen LogP contribution in [0.5, 0.6) is 5.88 Å². The van der Waals surface area contributed by atoms with E-state index in [1.807, 2.05) is 30.3 Å². The molecule has 1 heterocycles. The van der Waals surface area contributed by atoms with Crippen LogP contribution < -0.4 is 16.0 Å². The van der Waals surface area contributed by atoms with E-state index in [4.69, 9.17) is 22.1 Å². The van der Waals surface area contributed by atoms with Crippen molar-refractivity contribution >= 4 is 23.3 Å². The van der Waals surface area contributed by atoms with Gasteiger partial charge < -0.3 is 10.5 Å². The van der Waals surface area contributed by atoms with Crippen LogP contribution in [0.4, 0.5) is 5.69 Å². The third-order valence-electron chi connectivity index (χ3n) is 3.18. The largest absolute Gasteiger partial charge is 0.400 e. The zero-order valence-corrected chi connectivity index (χ0v) is 13.3. The molecule has 2 N–H and O–H groups in total. The number of ether oxygens (including phenoxy) is 1. The maximum atomic E-state index is 12.2. The van der Waals surface area contributed by atoms with E-state index in [1.165, 1.54) is 0 Å². The summed E-state index contributed by atoms with van der Waals surface area (Å²) in [5, 5.41) is 3.76. The first-order valence-corrected chi connectivity index (χ1v) is 7.31. The standard InChI is InChI=1S/C16H16ClN3O3/c1-3-10(2)16(22)23-14-13(18)12(17)15(21)20(19-14)9-11-7-5-4-6-8-11/h4-8H,2-3,9,18H2,1H3. The lowest BCUT2D eigenvalue weighted by atomic mass is 10.2. The number of nitrogens with two attached hydrogens (primary N) is 1. The molecule has 23 heavy (non-hydrogen) atoms. The summed E-state index contributed by atoms with van der Waals surface area (Å²) in [5.74, 6) is -0.863. The van der Waals surface area contributed by atoms with Crippen LogP contribution in [-0.2, 0) is 11.3 Å². The molecule has 6 nitrogen and oxygen atoms in total. The van der Waals surface area contributed by atoms with Gasteiger partial charge in [-0.25, -0.2) is 9.48 Å². The third kappa shape index (κ3) is 3.78. The summed E-state index contributed by atoms with van der Waals surface area (Å²) in [7, 11) is 0. The highest BCUT2D eigenvalue weighted by atomic mass is 35.5. The number of anilines is 1. The van der Waals surface area contributed by atoms with Crippen LogP contribution >= 0.6 is 11.6 Å². The molecule has 0 amide bonds. The first-order chi connectivity index (χ1) is 10.9. The first kappa shape index (κ1) is 16.8. The second-order valence-corrected chi connectivity index (χ2v) is 5.21. The summed E-state index contributed by atoms with van der Waals surface area (Å²) >= 11 is 5.94. The van der Waals surface area contributed by atoms with Gasteiger partial charge in [-0.3, -0.25) is 4.79 Å². The Bertz CT molecular complexity index is 800. The van der Waals surface area contributed by atoms with Crippen LogP contribution in [0.2, 0.25) is 5.02 Å². The molecule has 0 saturated carbocycles. The fourth-order valence-electron chi connectivity index (χ4n) is 1.77. The molecule has 0 bridgehead atoms. The topological polar surface area (TPSA) is 87.2 Å². The van der Waals surface area contributed by atoms with Crippen LogP contribution in [0.3, 0.4) is 0 Å². The highest BCUT2D eigenvalue weighted by Crippen LogP contribution is 2.24. The van der Waals surface area contributed by atoms with Crippen molar-refractivity contribution in [2.24, 2.45) is 0 Å². The zero-order chi connectivity index (χ0) is 17.0. The Labute approximate surface area is 138 Å². The second-order valence-electron chi connectivity index (χ2n) is 4.83. The number of hydrogen-bond donors (Lipinski definition) is 1. The molecule has 0 aliphatic heterocycles. The van der Waals surface area contributed by atoms with Gasteiger partial charge >= 0.3 is 5.97 Å². The van der Waals surface area contributed by atoms with Gasteiger partial charge in [-0.1, -0.05) is 55.4 Å². The summed E-state index contributed by atoms with van der Waals surface area (Å²) in [6.45, 7) is 5.53. The van der Waals surface area contributed by atoms with E-state index in [2.05, 4.69) is 11.7 Å². The van der Waals surface area contributed by atoms with Crippen molar-refractivity contribution in [3.63, 3.8) is 0 Å². The molecular weight excluding hydrogens is 318 g/mol. The quantitative estimate of drug-likeness (QED) is 0.670. The van der Waals surface area contributed by atoms with Gasteiger partial charge in [0.25, 0.3) is 11.4 Å². The number of nitrogens with zero attached hydrogens (tertiary/aromatic N) is 2. The lowest BCUT2D eigenvalue weighted by Crippen LogP contribution is -2.27. The second kappa shape index (κ2) is 7.11. The van der Waals surface area contributed by atoms with E-state index in [1.54, 1.807) is 6.92 Å². The average molecular weight is 334 g/mol. The number of benzene rings is 1. The number of carbonyl (C=O) groups excluding carboxylic acids is 1. The average Bonchev–Trinajstić information content (AvgIpc) is 2.57. The summed E-state index contributed by atoms with van der Waals surface area (Å²) in [4.78, 5) is 24.0. The van der Waals surface area contributed by atoms with E-state index in [0.717, 1.165) is 10.2 Å². The predicted octanol–water partition coefficient (Wildman–Crippen LogP) is 2.40. The number of halogens is 1. The molecular formula is C16H16ClN3O3. The van der Waals surface area contributed by atoms with Gasteiger partial charge in [-0.15, -0.1) is 5.10 Å². The van der Waals surface area contributed by atoms with E-state index in [0.29, 0.717) is 6.42 Å². The Balaban J connectivity index is 2.39. The first-order valence-electron chi connectivity index (χ1n) is 6.94. The minimum Gasteiger partial charge on any atom is -0.400 e. The fourth-order valence-corrected chi connectivity index (χ4v) is 1.95. The van der Waals surface area contributed by atoms with Crippen molar-refractivity contribution in [1.82, 2.24) is 9.78 Å². The van der Waals surface area contributed by atoms with Gasteiger partial charge in [-0.05, 0) is 12.0 Å². The molecule has 0 aliphatic carbocycles. The highest BCUT2D eigenvalue weighted by molar-refractivity contribution is 6.33. The summed E-state index contributed by atoms with van der Waals surface area (Å²) in [6, 6.07) is 9.21. The predicted molar refractivity (Wildman–Crippen MR) is 88.5 cm³/mol. The Hall–Kier alpha value is -2.60. The number of hydrogen-bond acceptors (Lipinski definition) is 5. The van der Waals surface area contributed by atoms with E-state index >= 15 is 0 Å². The molecule has 1 aromatic heterocycles. The van der Waals surface area contributed by atoms with Gasteiger partial charge in [0.1, 0.15) is 10.7 Å². The van der Waals surface area contributed by atoms with Crippen LogP contribution in [0, 0.1) is 0 Å². The number of aromatic nitrogens is 2. The molecule has 120 valence electrons. The van der Waals surface area contributed by atoms with Gasteiger partial charge in [0, 0.05) is 5.57 Å². The molecule has 0 saturated heterocycles. The van der Waals surface area contributed by atoms with Crippen molar-refractivity contribution < 1.29 is 9.53 Å². The fraction of sp³-hybridized carbons (Fsp3) is 0.188. The maximum Gasteiger partial charge on any atom is 0.340 e. The number of esters is 1. The molecule has 0 spiro atoms. The van der Waals surface area contributed by atoms with E-state index in [9.17, 15) is 9.59 Å². The van der Waals surface area contributed by atoms with Crippen molar-refractivity contribution in [2.45, 2.75) is 19.9 Å². The zero-order valence-electron chi connectivity index (χ0n) is 12.6. The van der Waals surface area contributed by atoms with Crippen molar-refractivity contribution in [3.8, 4) is 5.88 Å². The maximum absolute atomic E-state index is 12.2.